The van der Waals surface area contributed by atoms with E-state index in [1.807, 2.05) is 58.1 Å². The Morgan fingerprint density at radius 1 is 0.833 bits per heavy atom. The summed E-state index contributed by atoms with van der Waals surface area (Å²) in [5, 5.41) is 32.9. The fourth-order valence-corrected chi connectivity index (χ4v) is 10.8. The summed E-state index contributed by atoms with van der Waals surface area (Å²) in [5.41, 5.74) is 1.24. The van der Waals surface area contributed by atoms with Gasteiger partial charge in [-0.15, -0.1) is 0 Å². The highest BCUT2D eigenvalue weighted by Crippen LogP contribution is 2.38. The first-order chi connectivity index (χ1) is 34.3. The normalized spacial score (nSPS) is 37.7. The number of rotatable bonds is 13. The van der Waals surface area contributed by atoms with Gasteiger partial charge in [0.25, 0.3) is 11.7 Å². The van der Waals surface area contributed by atoms with E-state index >= 15 is 0 Å². The second-order valence-corrected chi connectivity index (χ2v) is 21.1. The van der Waals surface area contributed by atoms with E-state index in [9.17, 15) is 39.3 Å². The smallest absolute Gasteiger partial charge is 0.329 e. The summed E-state index contributed by atoms with van der Waals surface area (Å²) >= 11 is 0. The van der Waals surface area contributed by atoms with Gasteiger partial charge in [0, 0.05) is 71.7 Å². The number of ether oxygens (including phenoxy) is 7. The van der Waals surface area contributed by atoms with Gasteiger partial charge in [0.05, 0.1) is 37.6 Å². The molecule has 408 valence electrons. The molecule has 3 aliphatic heterocycles. The Bertz CT molecular complexity index is 1880. The molecular formula is C56H89NO15. The highest BCUT2D eigenvalue weighted by molar-refractivity contribution is 6.39. The Hall–Kier alpha value is -3.45. The lowest BCUT2D eigenvalue weighted by Crippen LogP contribution is -2.61. The van der Waals surface area contributed by atoms with Crippen molar-refractivity contribution >= 4 is 29.2 Å². The molecule has 1 amide bonds. The molecule has 4 aliphatic rings. The first kappa shape index (κ1) is 61.1. The number of allylic oxidation sites excluding steroid dienone is 6. The Morgan fingerprint density at radius 3 is 2.28 bits per heavy atom. The molecule has 1 saturated carbocycles. The highest BCUT2D eigenvalue weighted by Gasteiger charge is 2.53. The van der Waals surface area contributed by atoms with E-state index in [0.717, 1.165) is 18.4 Å². The van der Waals surface area contributed by atoms with Crippen LogP contribution in [-0.2, 0) is 57.1 Å². The summed E-state index contributed by atoms with van der Waals surface area (Å²) in [6.07, 6.45) is 12.4. The average molecular weight is 1020 g/mol. The Kier molecular flexibility index (Phi) is 25.6. The van der Waals surface area contributed by atoms with Crippen molar-refractivity contribution in [3.63, 3.8) is 0 Å². The number of carbonyl (C=O) groups excluding carboxylic acids is 5. The number of carbonyl (C=O) groups is 5. The lowest BCUT2D eigenvalue weighted by atomic mass is 9.78. The molecule has 2 saturated heterocycles. The molecule has 15 atom stereocenters. The zero-order valence-electron chi connectivity index (χ0n) is 45.0. The van der Waals surface area contributed by atoms with Gasteiger partial charge in [0.15, 0.2) is 5.78 Å². The van der Waals surface area contributed by atoms with Gasteiger partial charge in [-0.3, -0.25) is 19.2 Å². The number of cyclic esters (lactones) is 1. The highest BCUT2D eigenvalue weighted by atomic mass is 16.6. The van der Waals surface area contributed by atoms with Crippen LogP contribution in [0.2, 0.25) is 0 Å². The van der Waals surface area contributed by atoms with Crippen molar-refractivity contribution in [3.05, 3.63) is 47.6 Å². The topological polar surface area (TPSA) is 214 Å². The minimum atomic E-state index is -2.46. The van der Waals surface area contributed by atoms with Gasteiger partial charge in [-0.2, -0.15) is 0 Å². The molecule has 0 aromatic carbocycles. The molecule has 1 aliphatic carbocycles. The lowest BCUT2D eigenvalue weighted by Gasteiger charge is -2.43. The number of ketones is 3. The largest absolute Gasteiger partial charge is 0.460 e. The van der Waals surface area contributed by atoms with E-state index in [4.69, 9.17) is 33.2 Å². The van der Waals surface area contributed by atoms with Crippen LogP contribution in [0.25, 0.3) is 0 Å². The predicted octanol–water partition coefficient (Wildman–Crippen LogP) is 6.60. The molecule has 0 aromatic rings. The number of aliphatic hydroxyl groups excluding tert-OH is 2. The van der Waals surface area contributed by atoms with Gasteiger partial charge in [-0.1, -0.05) is 71.1 Å². The number of methoxy groups -OCH3 is 3. The van der Waals surface area contributed by atoms with Crippen molar-refractivity contribution in [1.82, 2.24) is 4.90 Å². The molecule has 1 unspecified atom stereocenters. The SMILES string of the molecule is COCCOC1C[C@@H]2CC[C@@H](C)[C@@](O)(O2)C(=O)C(=O)N2CCCC[C@H]2C(=O)O[C@H]([C@H](C)C[C@@H]2CC[C@@H](OCCCO)[C@H](OC)C2)CC(=O)[C@H](C)/C=C(\C)[C@@H](O)[C@@H](OC)C(=O)[C@H](C)C[C@H](C)/C=C/C=C/C=C/1C. The predicted molar refractivity (Wildman–Crippen MR) is 271 cm³/mol. The molecule has 3 heterocycles. The molecular weight excluding hydrogens is 927 g/mol. The maximum atomic E-state index is 14.6. The fraction of sp³-hybridized carbons (Fsp3) is 0.768. The number of Topliss-reactive ketones (excluding diaryl/α,β-unsaturated/α-hetero) is 3. The van der Waals surface area contributed by atoms with Gasteiger partial charge in [0.2, 0.25) is 5.79 Å². The molecule has 2 bridgehead atoms. The minimum Gasteiger partial charge on any atom is -0.460 e. The molecule has 0 aromatic heterocycles. The zero-order valence-corrected chi connectivity index (χ0v) is 45.0. The van der Waals surface area contributed by atoms with Crippen LogP contribution in [0.1, 0.15) is 132 Å². The van der Waals surface area contributed by atoms with Crippen LogP contribution in [0.3, 0.4) is 0 Å². The van der Waals surface area contributed by atoms with E-state index in [2.05, 4.69) is 0 Å². The molecule has 4 rings (SSSR count). The Balaban J connectivity index is 1.71. The third-order valence-electron chi connectivity index (χ3n) is 15.4. The maximum Gasteiger partial charge on any atom is 0.329 e. The van der Waals surface area contributed by atoms with Crippen molar-refractivity contribution < 1.29 is 72.5 Å². The maximum absolute atomic E-state index is 14.6. The number of piperidine rings is 1. The molecule has 72 heavy (non-hydrogen) atoms. The Morgan fingerprint density at radius 2 is 1.58 bits per heavy atom. The van der Waals surface area contributed by atoms with Crippen molar-refractivity contribution in [2.75, 3.05) is 54.3 Å². The zero-order chi connectivity index (χ0) is 53.1. The van der Waals surface area contributed by atoms with Crippen molar-refractivity contribution in [1.29, 1.82) is 0 Å². The third kappa shape index (κ3) is 17.3. The summed E-state index contributed by atoms with van der Waals surface area (Å²) in [6.45, 7) is 13.9. The fourth-order valence-electron chi connectivity index (χ4n) is 10.8. The minimum absolute atomic E-state index is 0.000907. The quantitative estimate of drug-likeness (QED) is 0.0767. The molecule has 0 spiro atoms. The van der Waals surface area contributed by atoms with Crippen LogP contribution < -0.4 is 0 Å². The third-order valence-corrected chi connectivity index (χ3v) is 15.4. The van der Waals surface area contributed by atoms with Gasteiger partial charge in [0.1, 0.15) is 30.1 Å². The van der Waals surface area contributed by atoms with E-state index in [1.54, 1.807) is 41.1 Å². The number of aliphatic hydroxyl groups is 3. The van der Waals surface area contributed by atoms with Gasteiger partial charge in [-0.25, -0.2) is 4.79 Å². The summed E-state index contributed by atoms with van der Waals surface area (Å²) < 4.78 is 41.6. The standard InChI is InChI=1S/C56H89NO15/c1-35-17-12-11-13-18-36(2)47(70-28-27-66-8)33-43-22-20-41(7)56(65,72-43)53(62)54(63)57-24-15-14-19-44(57)55(64)71-48(38(4)31-42-21-23-46(49(32-42)67-9)69-26-16-25-58)34-45(59)37(3)30-40(6)51(61)52(68-10)50(60)39(5)29-35/h11-13,17-18,30,35,37-39,41-44,46-49,51-52,58,61,65H,14-16,19-29,31-34H2,1-10H3/b13-11+,17-12+,36-18+,40-30+/t35-,37-,38-,39-,41-,42+,43+,44+,46-,47?,48+,49-,51-,52+,56-/m1/s1. The van der Waals surface area contributed by atoms with E-state index < -0.39 is 77.8 Å². The van der Waals surface area contributed by atoms with Crippen LogP contribution in [0.5, 0.6) is 0 Å². The van der Waals surface area contributed by atoms with Crippen molar-refractivity contribution in [2.24, 2.45) is 35.5 Å². The van der Waals surface area contributed by atoms with Crippen molar-refractivity contribution in [3.8, 4) is 0 Å². The molecule has 3 fully saturated rings. The van der Waals surface area contributed by atoms with E-state index in [-0.39, 0.29) is 80.5 Å². The number of nitrogens with zero attached hydrogens (tertiary/aromatic N) is 1. The number of fused-ring (bicyclic) bond motifs is 3. The first-order valence-electron chi connectivity index (χ1n) is 26.6. The van der Waals surface area contributed by atoms with Crippen LogP contribution in [0.4, 0.5) is 0 Å². The number of hydrogen-bond acceptors (Lipinski definition) is 15. The first-order valence-corrected chi connectivity index (χ1v) is 26.6. The van der Waals surface area contributed by atoms with E-state index in [0.29, 0.717) is 70.2 Å². The van der Waals surface area contributed by atoms with Gasteiger partial charge < -0.3 is 53.4 Å². The van der Waals surface area contributed by atoms with Crippen LogP contribution in [-0.4, -0.2) is 158 Å². The number of esters is 1. The van der Waals surface area contributed by atoms with Gasteiger partial charge in [-0.05, 0) is 113 Å². The second-order valence-electron chi connectivity index (χ2n) is 21.1. The van der Waals surface area contributed by atoms with Crippen LogP contribution >= 0.6 is 0 Å². The van der Waals surface area contributed by atoms with Crippen LogP contribution in [0.15, 0.2) is 47.6 Å². The summed E-state index contributed by atoms with van der Waals surface area (Å²) in [5.74, 6) is -8.06. The van der Waals surface area contributed by atoms with E-state index in [1.165, 1.54) is 12.0 Å². The van der Waals surface area contributed by atoms with Gasteiger partial charge >= 0.3 is 5.97 Å². The monoisotopic (exact) mass is 1020 g/mol. The molecule has 3 N–H and O–H groups in total. The molecule has 16 heteroatoms. The molecule has 16 nitrogen and oxygen atoms in total. The average Bonchev–Trinajstić information content (AvgIpc) is 3.36. The summed E-state index contributed by atoms with van der Waals surface area (Å²) in [6, 6.07) is -1.16. The number of amides is 1. The second kappa shape index (κ2) is 30.2. The Labute approximate surface area is 429 Å². The van der Waals surface area contributed by atoms with Crippen LogP contribution in [0, 0.1) is 35.5 Å². The summed E-state index contributed by atoms with van der Waals surface area (Å²) in [4.78, 5) is 72.6. The van der Waals surface area contributed by atoms with Crippen molar-refractivity contribution in [2.45, 2.75) is 186 Å². The summed E-state index contributed by atoms with van der Waals surface area (Å²) in [7, 11) is 4.61. The lowest BCUT2D eigenvalue weighted by molar-refractivity contribution is -0.266. The molecule has 0 radical (unpaired) electrons. The number of hydrogen-bond donors (Lipinski definition) is 3.